The van der Waals surface area contributed by atoms with Crippen LogP contribution in [0.2, 0.25) is 5.02 Å². The van der Waals surface area contributed by atoms with Gasteiger partial charge in [0.2, 0.25) is 0 Å². The number of halogens is 2. The maximum atomic E-state index is 14.3. The van der Waals surface area contributed by atoms with Crippen molar-refractivity contribution in [3.8, 4) is 0 Å². The third-order valence-electron chi connectivity index (χ3n) is 4.96. The minimum atomic E-state index is -0.343. The molecule has 1 amide bonds. The van der Waals surface area contributed by atoms with Gasteiger partial charge in [0.1, 0.15) is 11.3 Å². The van der Waals surface area contributed by atoms with Crippen LogP contribution in [0.15, 0.2) is 42.5 Å². The normalized spacial score (nSPS) is 11.4. The Bertz CT molecular complexity index is 999. The molecule has 0 aliphatic heterocycles. The predicted octanol–water partition coefficient (Wildman–Crippen LogP) is 5.93. The summed E-state index contributed by atoms with van der Waals surface area (Å²) in [6, 6.07) is 12.1. The molecule has 4 nitrogen and oxygen atoms in total. The predicted molar refractivity (Wildman–Crippen MR) is 116 cm³/mol. The van der Waals surface area contributed by atoms with E-state index in [1.807, 2.05) is 10.6 Å². The van der Waals surface area contributed by atoms with E-state index < -0.39 is 0 Å². The number of aromatic nitrogens is 2. The van der Waals surface area contributed by atoms with Gasteiger partial charge in [-0.1, -0.05) is 50.6 Å². The van der Waals surface area contributed by atoms with Gasteiger partial charge in [-0.2, -0.15) is 0 Å². The molecule has 1 heterocycles. The number of fused-ring (bicyclic) bond motifs is 1. The summed E-state index contributed by atoms with van der Waals surface area (Å²) < 4.78 is 16.3. The monoisotopic (exact) mass is 415 g/mol. The van der Waals surface area contributed by atoms with Crippen LogP contribution in [0.25, 0.3) is 11.0 Å². The maximum Gasteiger partial charge on any atom is 0.255 e. The van der Waals surface area contributed by atoms with Crippen LogP contribution in [0.4, 0.5) is 4.39 Å². The van der Waals surface area contributed by atoms with Gasteiger partial charge in [0.05, 0.1) is 22.6 Å². The highest BCUT2D eigenvalue weighted by Crippen LogP contribution is 2.23. The van der Waals surface area contributed by atoms with Crippen LogP contribution in [0.5, 0.6) is 0 Å². The molecule has 0 radical (unpaired) electrons. The van der Waals surface area contributed by atoms with Crippen molar-refractivity contribution in [1.29, 1.82) is 0 Å². The quantitative estimate of drug-likeness (QED) is 0.457. The van der Waals surface area contributed by atoms with Crippen LogP contribution in [0.3, 0.4) is 0 Å². The molecule has 0 saturated carbocycles. The molecule has 0 aliphatic carbocycles. The van der Waals surface area contributed by atoms with Crippen molar-refractivity contribution in [3.05, 3.63) is 64.7 Å². The summed E-state index contributed by atoms with van der Waals surface area (Å²) >= 11 is 6.28. The fourth-order valence-corrected chi connectivity index (χ4v) is 3.61. The number of carbonyl (C=O) groups is 1. The zero-order valence-corrected chi connectivity index (χ0v) is 17.9. The van der Waals surface area contributed by atoms with Crippen LogP contribution < -0.4 is 0 Å². The van der Waals surface area contributed by atoms with Crippen molar-refractivity contribution in [2.75, 3.05) is 6.54 Å². The molecule has 3 rings (SSSR count). The van der Waals surface area contributed by atoms with Crippen LogP contribution in [0.1, 0.15) is 49.8 Å². The Morgan fingerprint density at radius 2 is 1.97 bits per heavy atom. The Kier molecular flexibility index (Phi) is 6.91. The zero-order valence-electron chi connectivity index (χ0n) is 17.2. The summed E-state index contributed by atoms with van der Waals surface area (Å²) in [7, 11) is 0. The maximum absolute atomic E-state index is 14.3. The van der Waals surface area contributed by atoms with E-state index in [0.717, 1.165) is 18.4 Å². The van der Waals surface area contributed by atoms with Gasteiger partial charge in [0.15, 0.2) is 5.82 Å². The van der Waals surface area contributed by atoms with Crippen LogP contribution >= 0.6 is 11.6 Å². The van der Waals surface area contributed by atoms with Crippen molar-refractivity contribution >= 4 is 28.5 Å². The summed E-state index contributed by atoms with van der Waals surface area (Å²) in [6.45, 7) is 7.93. The van der Waals surface area contributed by atoms with E-state index >= 15 is 0 Å². The molecular weight excluding hydrogens is 389 g/mol. The molecule has 154 valence electrons. The Morgan fingerprint density at radius 1 is 1.21 bits per heavy atom. The lowest BCUT2D eigenvalue weighted by Gasteiger charge is -2.24. The Balaban J connectivity index is 1.99. The molecule has 0 spiro atoms. The van der Waals surface area contributed by atoms with Crippen molar-refractivity contribution in [2.45, 2.75) is 46.7 Å². The second-order valence-electron chi connectivity index (χ2n) is 7.68. The highest BCUT2D eigenvalue weighted by molar-refractivity contribution is 6.33. The molecule has 1 aromatic heterocycles. The van der Waals surface area contributed by atoms with Gasteiger partial charge in [-0.05, 0) is 43.0 Å². The van der Waals surface area contributed by atoms with Crippen molar-refractivity contribution in [3.63, 3.8) is 0 Å². The molecule has 2 aromatic carbocycles. The van der Waals surface area contributed by atoms with Gasteiger partial charge in [-0.15, -0.1) is 0 Å². The Morgan fingerprint density at radius 3 is 2.66 bits per heavy atom. The van der Waals surface area contributed by atoms with Gasteiger partial charge in [-0.3, -0.25) is 4.79 Å². The van der Waals surface area contributed by atoms with Crippen molar-refractivity contribution in [1.82, 2.24) is 14.5 Å². The summed E-state index contributed by atoms with van der Waals surface area (Å²) in [5, 5.41) is 0.431. The summed E-state index contributed by atoms with van der Waals surface area (Å²) in [6.07, 6.45) is 1.75. The molecule has 0 fully saturated rings. The fourth-order valence-electron chi connectivity index (χ4n) is 3.40. The molecule has 0 bridgehead atoms. The van der Waals surface area contributed by atoms with E-state index in [1.165, 1.54) is 6.07 Å². The molecule has 6 heteroatoms. The fraction of sp³-hybridized carbons (Fsp3) is 0.391. The molecule has 3 aromatic rings. The second kappa shape index (κ2) is 9.40. The SMILES string of the molecule is CCCn1c(CN(CCC(C)C)C(=O)c2ccccc2Cl)nc2c(F)cccc21. The number of rotatable bonds is 8. The largest absolute Gasteiger partial charge is 0.331 e. The number of hydrogen-bond acceptors (Lipinski definition) is 2. The second-order valence-corrected chi connectivity index (χ2v) is 8.08. The van der Waals surface area contributed by atoms with E-state index in [-0.39, 0.29) is 11.7 Å². The average molecular weight is 416 g/mol. The van der Waals surface area contributed by atoms with E-state index in [2.05, 4.69) is 25.8 Å². The van der Waals surface area contributed by atoms with E-state index in [1.54, 1.807) is 35.2 Å². The standard InChI is InChI=1S/C23H27ClFN3O/c1-4-13-28-20-11-7-10-19(25)22(20)26-21(28)15-27(14-12-16(2)3)23(29)17-8-5-6-9-18(17)24/h5-11,16H,4,12-15H2,1-3H3. The molecular formula is C23H27ClFN3O. The number of aryl methyl sites for hydroxylation is 1. The first-order chi connectivity index (χ1) is 13.9. The lowest BCUT2D eigenvalue weighted by atomic mass is 10.1. The molecule has 29 heavy (non-hydrogen) atoms. The van der Waals surface area contributed by atoms with Gasteiger partial charge in [-0.25, -0.2) is 9.37 Å². The highest BCUT2D eigenvalue weighted by atomic mass is 35.5. The number of carbonyl (C=O) groups excluding carboxylic acids is 1. The minimum Gasteiger partial charge on any atom is -0.331 e. The van der Waals surface area contributed by atoms with Crippen LogP contribution in [-0.2, 0) is 13.1 Å². The molecule has 0 atom stereocenters. The first kappa shape index (κ1) is 21.3. The minimum absolute atomic E-state index is 0.133. The topological polar surface area (TPSA) is 38.1 Å². The van der Waals surface area contributed by atoms with E-state index in [0.29, 0.717) is 47.5 Å². The molecule has 0 aliphatic rings. The number of hydrogen-bond donors (Lipinski definition) is 0. The van der Waals surface area contributed by atoms with Gasteiger partial charge >= 0.3 is 0 Å². The zero-order chi connectivity index (χ0) is 21.0. The third kappa shape index (κ3) is 4.78. The number of amides is 1. The van der Waals surface area contributed by atoms with E-state index in [9.17, 15) is 9.18 Å². The van der Waals surface area contributed by atoms with E-state index in [4.69, 9.17) is 11.6 Å². The molecule has 0 N–H and O–H groups in total. The van der Waals surface area contributed by atoms with Crippen molar-refractivity contribution < 1.29 is 9.18 Å². The summed E-state index contributed by atoms with van der Waals surface area (Å²) in [4.78, 5) is 19.6. The van der Waals surface area contributed by atoms with Gasteiger partial charge in [0, 0.05) is 13.1 Å². The van der Waals surface area contributed by atoms with Crippen LogP contribution in [0, 0.1) is 11.7 Å². The summed E-state index contributed by atoms with van der Waals surface area (Å²) in [5.41, 5.74) is 1.59. The number of nitrogens with zero attached hydrogens (tertiary/aromatic N) is 3. The number of benzene rings is 2. The highest BCUT2D eigenvalue weighted by Gasteiger charge is 2.22. The first-order valence-corrected chi connectivity index (χ1v) is 10.5. The smallest absolute Gasteiger partial charge is 0.255 e. The Hall–Kier alpha value is -2.40. The van der Waals surface area contributed by atoms with Gasteiger partial charge in [0.25, 0.3) is 5.91 Å². The van der Waals surface area contributed by atoms with Crippen LogP contribution in [-0.4, -0.2) is 26.9 Å². The Labute approximate surface area is 176 Å². The third-order valence-corrected chi connectivity index (χ3v) is 5.29. The molecule has 0 saturated heterocycles. The summed E-state index contributed by atoms with van der Waals surface area (Å²) in [5.74, 6) is 0.663. The number of para-hydroxylation sites is 1. The lowest BCUT2D eigenvalue weighted by molar-refractivity contribution is 0.0729. The average Bonchev–Trinajstić information content (AvgIpc) is 3.04. The lowest BCUT2D eigenvalue weighted by Crippen LogP contribution is -2.33. The molecule has 0 unspecified atom stereocenters. The first-order valence-electron chi connectivity index (χ1n) is 10.1. The van der Waals surface area contributed by atoms with Crippen molar-refractivity contribution in [2.24, 2.45) is 5.92 Å². The number of imidazole rings is 1. The van der Waals surface area contributed by atoms with Gasteiger partial charge < -0.3 is 9.47 Å².